The normalized spacial score (nSPS) is 14.9. The highest BCUT2D eigenvalue weighted by molar-refractivity contribution is 7.14. The van der Waals surface area contributed by atoms with Crippen LogP contribution in [-0.2, 0) is 4.79 Å². The van der Waals surface area contributed by atoms with E-state index in [-0.39, 0.29) is 17.6 Å². The van der Waals surface area contributed by atoms with Crippen molar-refractivity contribution < 1.29 is 14.3 Å². The summed E-state index contributed by atoms with van der Waals surface area (Å²) in [6.45, 7) is 1.47. The molecular weight excluding hydrogens is 400 g/mol. The highest BCUT2D eigenvalue weighted by Gasteiger charge is 2.26. The molecular formula is C22H20N4O3S. The molecule has 2 N–H and O–H groups in total. The minimum absolute atomic E-state index is 0.000824. The minimum Gasteiger partial charge on any atom is -0.506 e. The second kappa shape index (κ2) is 7.79. The van der Waals surface area contributed by atoms with Gasteiger partial charge in [0, 0.05) is 29.8 Å². The topological polar surface area (TPSA) is 91.5 Å². The Morgan fingerprint density at radius 1 is 1.13 bits per heavy atom. The second-order valence-corrected chi connectivity index (χ2v) is 8.14. The summed E-state index contributed by atoms with van der Waals surface area (Å²) >= 11 is 1.39. The smallest absolute Gasteiger partial charge is 0.229 e. The average molecular weight is 420 g/mol. The third kappa shape index (κ3) is 3.61. The Balaban J connectivity index is 1.21. The molecule has 1 aromatic carbocycles. The number of carbonyl (C=O) groups is 1. The zero-order valence-corrected chi connectivity index (χ0v) is 16.9. The maximum atomic E-state index is 12.7. The third-order valence-corrected chi connectivity index (χ3v) is 6.14. The molecule has 0 radical (unpaired) electrons. The van der Waals surface area contributed by atoms with E-state index in [0.717, 1.165) is 42.8 Å². The van der Waals surface area contributed by atoms with Crippen molar-refractivity contribution in [3.63, 3.8) is 0 Å². The van der Waals surface area contributed by atoms with Gasteiger partial charge in [0.05, 0.1) is 6.26 Å². The fourth-order valence-electron chi connectivity index (χ4n) is 3.74. The first-order valence-electron chi connectivity index (χ1n) is 9.81. The van der Waals surface area contributed by atoms with E-state index in [1.54, 1.807) is 12.3 Å². The molecule has 1 fully saturated rings. The largest absolute Gasteiger partial charge is 0.506 e. The lowest BCUT2D eigenvalue weighted by Crippen LogP contribution is -2.38. The lowest BCUT2D eigenvalue weighted by atomic mass is 9.96. The highest BCUT2D eigenvalue weighted by Crippen LogP contribution is 2.29. The van der Waals surface area contributed by atoms with Crippen LogP contribution in [0.2, 0.25) is 0 Å². The van der Waals surface area contributed by atoms with Gasteiger partial charge >= 0.3 is 0 Å². The summed E-state index contributed by atoms with van der Waals surface area (Å²) in [6.07, 6.45) is 3.08. The number of pyridine rings is 1. The first-order valence-corrected chi connectivity index (χ1v) is 10.7. The quantitative estimate of drug-likeness (QED) is 0.505. The van der Waals surface area contributed by atoms with Gasteiger partial charge in [-0.05, 0) is 43.2 Å². The standard InChI is InChI=1S/C22H20N4O3S/c27-17-4-1-3-14-6-7-19(24-20(14)17)26-10-8-15(9-11-26)21(28)25-22-23-16(13-30-22)18-5-2-12-29-18/h1-7,12-13,15,27H,8-11H2,(H,23,25,28). The lowest BCUT2D eigenvalue weighted by molar-refractivity contribution is -0.120. The van der Waals surface area contributed by atoms with Crippen LogP contribution in [0.5, 0.6) is 5.75 Å². The number of para-hydroxylation sites is 1. The van der Waals surface area contributed by atoms with E-state index >= 15 is 0 Å². The maximum Gasteiger partial charge on any atom is 0.229 e. The molecule has 5 rings (SSSR count). The van der Waals surface area contributed by atoms with Gasteiger partial charge in [-0.1, -0.05) is 12.1 Å². The monoisotopic (exact) mass is 420 g/mol. The fraction of sp³-hybridized carbons (Fsp3) is 0.227. The number of fused-ring (bicyclic) bond motifs is 1. The van der Waals surface area contributed by atoms with Crippen molar-refractivity contribution >= 4 is 39.1 Å². The number of hydrogen-bond donors (Lipinski definition) is 2. The fourth-order valence-corrected chi connectivity index (χ4v) is 4.45. The van der Waals surface area contributed by atoms with Crippen LogP contribution in [0, 0.1) is 5.92 Å². The number of phenolic OH excluding ortho intramolecular Hbond substituents is 1. The molecule has 0 saturated carbocycles. The molecule has 1 saturated heterocycles. The van der Waals surface area contributed by atoms with Gasteiger partial charge in [0.1, 0.15) is 22.8 Å². The van der Waals surface area contributed by atoms with Crippen LogP contribution in [-0.4, -0.2) is 34.1 Å². The molecule has 4 heterocycles. The molecule has 0 bridgehead atoms. The number of aromatic nitrogens is 2. The summed E-state index contributed by atoms with van der Waals surface area (Å²) < 4.78 is 5.35. The van der Waals surface area contributed by atoms with Crippen molar-refractivity contribution in [2.24, 2.45) is 5.92 Å². The van der Waals surface area contributed by atoms with Crippen LogP contribution in [0.3, 0.4) is 0 Å². The van der Waals surface area contributed by atoms with Gasteiger partial charge in [-0.2, -0.15) is 0 Å². The third-order valence-electron chi connectivity index (χ3n) is 5.38. The van der Waals surface area contributed by atoms with Crippen LogP contribution in [0.1, 0.15) is 12.8 Å². The number of nitrogens with zero attached hydrogens (tertiary/aromatic N) is 3. The van der Waals surface area contributed by atoms with Gasteiger partial charge in [-0.3, -0.25) is 4.79 Å². The molecule has 1 aliphatic rings. The summed E-state index contributed by atoms with van der Waals surface area (Å²) in [5.41, 5.74) is 1.33. The Labute approximate surface area is 177 Å². The van der Waals surface area contributed by atoms with Crippen LogP contribution >= 0.6 is 11.3 Å². The molecule has 0 aliphatic carbocycles. The van der Waals surface area contributed by atoms with E-state index in [9.17, 15) is 9.90 Å². The Morgan fingerprint density at radius 2 is 2.00 bits per heavy atom. The predicted octanol–water partition coefficient (Wildman–Crippen LogP) is 4.51. The van der Waals surface area contributed by atoms with E-state index < -0.39 is 0 Å². The van der Waals surface area contributed by atoms with Gasteiger partial charge < -0.3 is 19.7 Å². The van der Waals surface area contributed by atoms with Crippen molar-refractivity contribution in [2.45, 2.75) is 12.8 Å². The van der Waals surface area contributed by atoms with Gasteiger partial charge in [-0.25, -0.2) is 9.97 Å². The van der Waals surface area contributed by atoms with Crippen molar-refractivity contribution in [3.8, 4) is 17.2 Å². The number of hydrogen-bond acceptors (Lipinski definition) is 7. The number of thiazole rings is 1. The van der Waals surface area contributed by atoms with E-state index in [4.69, 9.17) is 4.42 Å². The molecule has 4 aromatic rings. The number of aromatic hydroxyl groups is 1. The molecule has 1 aliphatic heterocycles. The first kappa shape index (κ1) is 18.6. The van der Waals surface area contributed by atoms with Gasteiger partial charge in [-0.15, -0.1) is 11.3 Å². The van der Waals surface area contributed by atoms with Gasteiger partial charge in [0.25, 0.3) is 0 Å². The Bertz CT molecular complexity index is 1180. The molecule has 7 nitrogen and oxygen atoms in total. The maximum absolute atomic E-state index is 12.7. The first-order chi connectivity index (χ1) is 14.7. The molecule has 3 aromatic heterocycles. The van der Waals surface area contributed by atoms with E-state index in [1.807, 2.05) is 41.8 Å². The number of benzene rings is 1. The number of carbonyl (C=O) groups excluding carboxylic acids is 1. The minimum atomic E-state index is -0.0638. The van der Waals surface area contributed by atoms with E-state index in [0.29, 0.717) is 16.4 Å². The number of amides is 1. The predicted molar refractivity (Wildman–Crippen MR) is 117 cm³/mol. The number of furan rings is 1. The summed E-state index contributed by atoms with van der Waals surface area (Å²) in [5.74, 6) is 1.63. The van der Waals surface area contributed by atoms with Crippen LogP contribution in [0.15, 0.2) is 58.5 Å². The number of piperidine rings is 1. The van der Waals surface area contributed by atoms with Crippen molar-refractivity contribution in [3.05, 3.63) is 54.1 Å². The molecule has 0 unspecified atom stereocenters. The number of nitrogens with one attached hydrogen (secondary N) is 1. The van der Waals surface area contributed by atoms with Crippen LogP contribution < -0.4 is 10.2 Å². The number of rotatable bonds is 4. The Kier molecular flexibility index (Phi) is 4.84. The average Bonchev–Trinajstić information content (AvgIpc) is 3.46. The molecule has 8 heteroatoms. The number of anilines is 2. The van der Waals surface area contributed by atoms with Crippen molar-refractivity contribution in [2.75, 3.05) is 23.3 Å². The summed E-state index contributed by atoms with van der Waals surface area (Å²) in [6, 6.07) is 13.0. The molecule has 0 spiro atoms. The number of phenols is 1. The van der Waals surface area contributed by atoms with Crippen LogP contribution in [0.25, 0.3) is 22.4 Å². The summed E-state index contributed by atoms with van der Waals surface area (Å²) in [5, 5.41) is 16.4. The lowest BCUT2D eigenvalue weighted by Gasteiger charge is -2.32. The second-order valence-electron chi connectivity index (χ2n) is 7.28. The van der Waals surface area contributed by atoms with E-state index in [2.05, 4.69) is 20.2 Å². The van der Waals surface area contributed by atoms with Gasteiger partial charge in [0.2, 0.25) is 5.91 Å². The molecule has 30 heavy (non-hydrogen) atoms. The molecule has 1 amide bonds. The molecule has 152 valence electrons. The zero-order valence-electron chi connectivity index (χ0n) is 16.1. The SMILES string of the molecule is O=C(Nc1nc(-c2ccco2)cs1)C1CCN(c2ccc3cccc(O)c3n2)CC1. The zero-order chi connectivity index (χ0) is 20.5. The van der Waals surface area contributed by atoms with Crippen LogP contribution in [0.4, 0.5) is 10.9 Å². The summed E-state index contributed by atoms with van der Waals surface area (Å²) in [7, 11) is 0. The Hall–Kier alpha value is -3.39. The van der Waals surface area contributed by atoms with Gasteiger partial charge in [0.15, 0.2) is 10.9 Å². The summed E-state index contributed by atoms with van der Waals surface area (Å²) in [4.78, 5) is 23.9. The molecule has 0 atom stereocenters. The Morgan fingerprint density at radius 3 is 2.80 bits per heavy atom. The van der Waals surface area contributed by atoms with Crippen molar-refractivity contribution in [1.29, 1.82) is 0 Å². The highest BCUT2D eigenvalue weighted by atomic mass is 32.1. The van der Waals surface area contributed by atoms with Crippen molar-refractivity contribution in [1.82, 2.24) is 9.97 Å². The van der Waals surface area contributed by atoms with E-state index in [1.165, 1.54) is 11.3 Å².